The molecule has 0 bridgehead atoms. The molecule has 0 saturated heterocycles. The maximum absolute atomic E-state index is 13.1. The highest BCUT2D eigenvalue weighted by molar-refractivity contribution is 7.92. The van der Waals surface area contributed by atoms with Crippen LogP contribution in [0.5, 0.6) is 11.5 Å². The van der Waals surface area contributed by atoms with Crippen LogP contribution < -0.4 is 18.7 Å². The Balaban J connectivity index is 1.79. The molecule has 126 valence electrons. The molecule has 0 fully saturated rings. The van der Waals surface area contributed by atoms with Crippen molar-refractivity contribution in [3.8, 4) is 11.5 Å². The maximum Gasteiger partial charge on any atom is 0.264 e. The van der Waals surface area contributed by atoms with Gasteiger partial charge in [-0.3, -0.25) is 4.31 Å². The topological polar surface area (TPSA) is 59.1 Å². The molecule has 6 nitrogen and oxygen atoms in total. The Labute approximate surface area is 141 Å². The van der Waals surface area contributed by atoms with Gasteiger partial charge in [0.25, 0.3) is 10.0 Å². The molecule has 2 aromatic carbocycles. The number of anilines is 2. The number of nitrogens with zero attached hydrogens (tertiary/aromatic N) is 2. The van der Waals surface area contributed by atoms with Crippen LogP contribution in [-0.2, 0) is 10.0 Å². The lowest BCUT2D eigenvalue weighted by atomic mass is 10.1. The van der Waals surface area contributed by atoms with Gasteiger partial charge in [-0.15, -0.1) is 0 Å². The number of sulfonamides is 1. The molecule has 2 aliphatic heterocycles. The van der Waals surface area contributed by atoms with Crippen LogP contribution >= 0.6 is 0 Å². The van der Waals surface area contributed by atoms with Crippen LogP contribution in [0.15, 0.2) is 47.4 Å². The van der Waals surface area contributed by atoms with Gasteiger partial charge in [0.05, 0.1) is 30.8 Å². The molecular formula is C17H18N2O4S. The Morgan fingerprint density at radius 3 is 2.58 bits per heavy atom. The molecule has 0 aromatic heterocycles. The third kappa shape index (κ3) is 2.27. The molecule has 0 atom stereocenters. The zero-order valence-corrected chi connectivity index (χ0v) is 14.1. The van der Waals surface area contributed by atoms with E-state index in [0.717, 1.165) is 18.0 Å². The van der Waals surface area contributed by atoms with E-state index in [9.17, 15) is 8.42 Å². The van der Waals surface area contributed by atoms with Crippen molar-refractivity contribution in [2.24, 2.45) is 0 Å². The fourth-order valence-corrected chi connectivity index (χ4v) is 4.67. The average Bonchev–Trinajstić information content (AvgIpc) is 2.62. The van der Waals surface area contributed by atoms with E-state index >= 15 is 0 Å². The van der Waals surface area contributed by atoms with Gasteiger partial charge in [-0.05, 0) is 36.4 Å². The standard InChI is InChI=1S/C17H18N2O4S/c1-22-13-5-7-14(8-6-13)24(20,21)19-10-9-18-11-12-23-16-4-2-3-15(19)17(16)18/h2-8H,9-12H2,1H3. The summed E-state index contributed by atoms with van der Waals surface area (Å²) >= 11 is 0. The van der Waals surface area contributed by atoms with Crippen molar-refractivity contribution in [1.82, 2.24) is 0 Å². The number of rotatable bonds is 3. The fraction of sp³-hybridized carbons (Fsp3) is 0.294. The molecule has 0 radical (unpaired) electrons. The van der Waals surface area contributed by atoms with Gasteiger partial charge >= 0.3 is 0 Å². The second kappa shape index (κ2) is 5.59. The second-order valence-electron chi connectivity index (χ2n) is 5.71. The van der Waals surface area contributed by atoms with E-state index in [1.165, 1.54) is 4.31 Å². The lowest BCUT2D eigenvalue weighted by Gasteiger charge is -2.41. The monoisotopic (exact) mass is 346 g/mol. The maximum atomic E-state index is 13.1. The number of benzene rings is 2. The van der Waals surface area contributed by atoms with Crippen molar-refractivity contribution in [2.45, 2.75) is 4.90 Å². The summed E-state index contributed by atoms with van der Waals surface area (Å²) in [5, 5.41) is 0. The lowest BCUT2D eigenvalue weighted by Crippen LogP contribution is -2.46. The normalized spacial score (nSPS) is 16.4. The summed E-state index contributed by atoms with van der Waals surface area (Å²) in [5.41, 5.74) is 1.54. The zero-order chi connectivity index (χ0) is 16.7. The van der Waals surface area contributed by atoms with Crippen LogP contribution in [0.4, 0.5) is 11.4 Å². The average molecular weight is 346 g/mol. The van der Waals surface area contributed by atoms with Crippen LogP contribution in [0, 0.1) is 0 Å². The summed E-state index contributed by atoms with van der Waals surface area (Å²) in [5.74, 6) is 1.37. The van der Waals surface area contributed by atoms with Crippen LogP contribution in [-0.4, -0.2) is 41.8 Å². The van der Waals surface area contributed by atoms with Crippen LogP contribution in [0.2, 0.25) is 0 Å². The van der Waals surface area contributed by atoms with Crippen molar-refractivity contribution in [1.29, 1.82) is 0 Å². The van der Waals surface area contributed by atoms with E-state index in [-0.39, 0.29) is 4.90 Å². The summed E-state index contributed by atoms with van der Waals surface area (Å²) in [4.78, 5) is 2.44. The minimum Gasteiger partial charge on any atom is -0.497 e. The van der Waals surface area contributed by atoms with E-state index in [4.69, 9.17) is 9.47 Å². The summed E-state index contributed by atoms with van der Waals surface area (Å²) < 4.78 is 38.5. The van der Waals surface area contributed by atoms with Gasteiger partial charge in [-0.2, -0.15) is 0 Å². The first-order valence-electron chi connectivity index (χ1n) is 7.79. The van der Waals surface area contributed by atoms with Crippen molar-refractivity contribution >= 4 is 21.4 Å². The van der Waals surface area contributed by atoms with Crippen LogP contribution in [0.3, 0.4) is 0 Å². The third-order valence-electron chi connectivity index (χ3n) is 4.40. The fourth-order valence-electron chi connectivity index (χ4n) is 3.20. The first-order valence-corrected chi connectivity index (χ1v) is 9.23. The molecule has 2 aliphatic rings. The first-order chi connectivity index (χ1) is 11.6. The third-order valence-corrected chi connectivity index (χ3v) is 6.23. The molecule has 2 aromatic rings. The van der Waals surface area contributed by atoms with Gasteiger partial charge in [0.1, 0.15) is 23.8 Å². The Hall–Kier alpha value is -2.41. The molecule has 7 heteroatoms. The van der Waals surface area contributed by atoms with Crippen molar-refractivity contribution < 1.29 is 17.9 Å². The van der Waals surface area contributed by atoms with Gasteiger partial charge < -0.3 is 14.4 Å². The lowest BCUT2D eigenvalue weighted by molar-refractivity contribution is 0.307. The molecule has 2 heterocycles. The second-order valence-corrected chi connectivity index (χ2v) is 7.57. The number of hydrogen-bond acceptors (Lipinski definition) is 5. The van der Waals surface area contributed by atoms with E-state index in [1.807, 2.05) is 18.2 Å². The van der Waals surface area contributed by atoms with Crippen molar-refractivity contribution in [3.05, 3.63) is 42.5 Å². The first kappa shape index (κ1) is 15.1. The van der Waals surface area contributed by atoms with E-state index in [1.54, 1.807) is 31.4 Å². The van der Waals surface area contributed by atoms with Gasteiger partial charge in [-0.1, -0.05) is 6.07 Å². The van der Waals surface area contributed by atoms with Gasteiger partial charge in [-0.25, -0.2) is 8.42 Å². The van der Waals surface area contributed by atoms with Crippen molar-refractivity contribution in [2.75, 3.05) is 42.6 Å². The largest absolute Gasteiger partial charge is 0.497 e. The smallest absolute Gasteiger partial charge is 0.264 e. The Morgan fingerprint density at radius 1 is 1.04 bits per heavy atom. The summed E-state index contributed by atoms with van der Waals surface area (Å²) in [6.07, 6.45) is 0. The Kier molecular flexibility index (Phi) is 3.53. The summed E-state index contributed by atoms with van der Waals surface area (Å²) in [7, 11) is -2.07. The Morgan fingerprint density at radius 2 is 1.83 bits per heavy atom. The molecule has 0 unspecified atom stereocenters. The number of ether oxygens (including phenoxy) is 2. The molecule has 0 spiro atoms. The van der Waals surface area contributed by atoms with Crippen molar-refractivity contribution in [3.63, 3.8) is 0 Å². The molecule has 4 rings (SSSR count). The minimum atomic E-state index is -3.63. The molecule has 0 amide bonds. The highest BCUT2D eigenvalue weighted by Gasteiger charge is 2.35. The number of para-hydroxylation sites is 1. The van der Waals surface area contributed by atoms with E-state index < -0.39 is 10.0 Å². The summed E-state index contributed by atoms with van der Waals surface area (Å²) in [6, 6.07) is 12.0. The van der Waals surface area contributed by atoms with E-state index in [0.29, 0.717) is 31.1 Å². The molecular weight excluding hydrogens is 328 g/mol. The quantitative estimate of drug-likeness (QED) is 0.852. The van der Waals surface area contributed by atoms with Gasteiger partial charge in [0.15, 0.2) is 0 Å². The van der Waals surface area contributed by atoms with Gasteiger partial charge in [0, 0.05) is 6.54 Å². The molecule has 24 heavy (non-hydrogen) atoms. The van der Waals surface area contributed by atoms with Gasteiger partial charge in [0.2, 0.25) is 0 Å². The Bertz CT molecular complexity index is 865. The molecule has 0 saturated carbocycles. The van der Waals surface area contributed by atoms with Crippen LogP contribution in [0.1, 0.15) is 0 Å². The number of hydrogen-bond donors (Lipinski definition) is 0. The molecule has 0 aliphatic carbocycles. The minimum absolute atomic E-state index is 0.256. The zero-order valence-electron chi connectivity index (χ0n) is 13.3. The molecule has 0 N–H and O–H groups in total. The highest BCUT2D eigenvalue weighted by Crippen LogP contribution is 2.44. The predicted molar refractivity (Wildman–Crippen MR) is 91.7 cm³/mol. The SMILES string of the molecule is COc1ccc(S(=O)(=O)N2CCN3CCOc4cccc2c43)cc1. The summed E-state index contributed by atoms with van der Waals surface area (Å²) in [6.45, 7) is 2.48. The van der Waals surface area contributed by atoms with E-state index in [2.05, 4.69) is 4.90 Å². The van der Waals surface area contributed by atoms with Crippen LogP contribution in [0.25, 0.3) is 0 Å². The predicted octanol–water partition coefficient (Wildman–Crippen LogP) is 2.10. The number of methoxy groups -OCH3 is 1. The highest BCUT2D eigenvalue weighted by atomic mass is 32.2.